The van der Waals surface area contributed by atoms with Crippen LogP contribution in [0.15, 0.2) is 27.3 Å². The number of aromatic amines is 1. The molecule has 1 aliphatic carbocycles. The fourth-order valence-electron chi connectivity index (χ4n) is 3.15. The lowest BCUT2D eigenvalue weighted by molar-refractivity contribution is -0.0925. The van der Waals surface area contributed by atoms with Crippen LogP contribution in [0.5, 0.6) is 0 Å². The number of alkyl halides is 3. The fraction of sp³-hybridized carbons (Fsp3) is 0.389. The minimum atomic E-state index is -4.61. The van der Waals surface area contributed by atoms with Crippen LogP contribution in [-0.2, 0) is 11.8 Å². The molecule has 0 fully saturated rings. The van der Waals surface area contributed by atoms with Crippen molar-refractivity contribution in [2.75, 3.05) is 0 Å². The molecule has 4 rings (SSSR count). The molecule has 1 unspecified atom stereocenters. The Morgan fingerprint density at radius 3 is 2.70 bits per heavy atom. The molecule has 3 heterocycles. The molecule has 1 atom stereocenters. The van der Waals surface area contributed by atoms with Crippen LogP contribution in [0.2, 0.25) is 0 Å². The van der Waals surface area contributed by atoms with E-state index in [2.05, 4.69) is 26.4 Å². The van der Waals surface area contributed by atoms with Gasteiger partial charge in [-0.2, -0.15) is 13.2 Å². The first kappa shape index (κ1) is 17.8. The summed E-state index contributed by atoms with van der Waals surface area (Å²) in [7, 11) is 0. The smallest absolute Gasteiger partial charge is 0.313 e. The lowest BCUT2D eigenvalue weighted by Crippen LogP contribution is -2.36. The zero-order chi connectivity index (χ0) is 19.6. The van der Waals surface area contributed by atoms with Gasteiger partial charge in [0.05, 0.1) is 11.7 Å². The molecule has 2 aromatic rings. The highest BCUT2D eigenvalue weighted by Gasteiger charge is 2.36. The van der Waals surface area contributed by atoms with Crippen molar-refractivity contribution in [3.63, 3.8) is 0 Å². The largest absolute Gasteiger partial charge is 0.441 e. The summed E-state index contributed by atoms with van der Waals surface area (Å²) in [6.07, 6.45) is -0.501. The SMILES string of the molecule is CC(C)(C)c1nc2c(n1C1C=Cc3[nH]c(=O)sc3C1)=NC(C(F)(F)F)=C=C=2. The molecule has 0 saturated carbocycles. The predicted molar refractivity (Wildman–Crippen MR) is 94.9 cm³/mol. The second kappa shape index (κ2) is 5.70. The summed E-state index contributed by atoms with van der Waals surface area (Å²) in [5, 5.41) is 0.245. The summed E-state index contributed by atoms with van der Waals surface area (Å²) in [6, 6.07) is -0.299. The number of nitrogens with one attached hydrogen (secondary N) is 1. The number of hydrogen-bond donors (Lipinski definition) is 1. The maximum atomic E-state index is 13.1. The minimum Gasteiger partial charge on any atom is -0.313 e. The number of thiazole rings is 1. The molecule has 2 aromatic heterocycles. The Morgan fingerprint density at radius 1 is 1.30 bits per heavy atom. The molecule has 9 heteroatoms. The van der Waals surface area contributed by atoms with Crippen molar-refractivity contribution in [1.29, 1.82) is 0 Å². The monoisotopic (exact) mass is 392 g/mol. The lowest BCUT2D eigenvalue weighted by atomic mass is 9.94. The number of allylic oxidation sites excluding steroid dienone is 2. The Morgan fingerprint density at radius 2 is 2.04 bits per heavy atom. The zero-order valence-electron chi connectivity index (χ0n) is 14.7. The molecule has 1 aliphatic heterocycles. The van der Waals surface area contributed by atoms with Gasteiger partial charge in [-0.3, -0.25) is 4.79 Å². The van der Waals surface area contributed by atoms with Gasteiger partial charge in [-0.05, 0) is 17.5 Å². The van der Waals surface area contributed by atoms with Gasteiger partial charge in [-0.25, -0.2) is 9.98 Å². The first-order valence-corrected chi connectivity index (χ1v) is 9.06. The molecule has 27 heavy (non-hydrogen) atoms. The van der Waals surface area contributed by atoms with Gasteiger partial charge in [-0.1, -0.05) is 38.2 Å². The normalized spacial score (nSPS) is 18.4. The Hall–Kier alpha value is -2.60. The van der Waals surface area contributed by atoms with Crippen molar-refractivity contribution in [2.45, 2.75) is 44.8 Å². The molecule has 0 aromatic carbocycles. The van der Waals surface area contributed by atoms with Gasteiger partial charge >= 0.3 is 11.0 Å². The number of rotatable bonds is 1. The summed E-state index contributed by atoms with van der Waals surface area (Å²) < 4.78 is 41.1. The first-order valence-electron chi connectivity index (χ1n) is 8.25. The average molecular weight is 392 g/mol. The second-order valence-corrected chi connectivity index (χ2v) is 8.49. The van der Waals surface area contributed by atoms with Crippen LogP contribution in [0.1, 0.15) is 43.2 Å². The van der Waals surface area contributed by atoms with E-state index < -0.39 is 17.3 Å². The van der Waals surface area contributed by atoms with Crippen molar-refractivity contribution < 1.29 is 13.2 Å². The highest BCUT2D eigenvalue weighted by Crippen LogP contribution is 2.30. The summed E-state index contributed by atoms with van der Waals surface area (Å²) in [5.74, 6) is 0.606. The van der Waals surface area contributed by atoms with Gasteiger partial charge in [-0.15, -0.1) is 0 Å². The minimum absolute atomic E-state index is 0.118. The van der Waals surface area contributed by atoms with Gasteiger partial charge in [0.1, 0.15) is 5.82 Å². The van der Waals surface area contributed by atoms with Crippen LogP contribution in [0.3, 0.4) is 0 Å². The maximum Gasteiger partial charge on any atom is 0.441 e. The number of H-pyrrole nitrogens is 1. The van der Waals surface area contributed by atoms with E-state index in [9.17, 15) is 18.0 Å². The van der Waals surface area contributed by atoms with Gasteiger partial charge in [0.15, 0.2) is 16.5 Å². The van der Waals surface area contributed by atoms with Crippen LogP contribution in [0, 0.1) is 0 Å². The maximum absolute atomic E-state index is 13.1. The van der Waals surface area contributed by atoms with Crippen LogP contribution in [0.25, 0.3) is 11.8 Å². The molecule has 0 radical (unpaired) electrons. The molecule has 0 bridgehead atoms. The fourth-order valence-corrected chi connectivity index (χ4v) is 4.01. The number of nitrogens with zero attached hydrogens (tertiary/aromatic N) is 3. The van der Waals surface area contributed by atoms with E-state index in [1.54, 1.807) is 10.6 Å². The molecule has 0 spiro atoms. The summed E-state index contributed by atoms with van der Waals surface area (Å²) in [6.45, 7) is 5.81. The summed E-state index contributed by atoms with van der Waals surface area (Å²) >= 11 is 1.11. The number of fused-ring (bicyclic) bond motifs is 2. The van der Waals surface area contributed by atoms with Crippen molar-refractivity contribution >= 4 is 23.1 Å². The van der Waals surface area contributed by atoms with E-state index in [0.717, 1.165) is 21.9 Å². The van der Waals surface area contributed by atoms with Crippen molar-refractivity contribution in [1.82, 2.24) is 14.5 Å². The van der Waals surface area contributed by atoms with Crippen molar-refractivity contribution in [3.05, 3.63) is 54.4 Å². The molecular formula is C18H15F3N4OS. The van der Waals surface area contributed by atoms with Crippen LogP contribution in [-0.4, -0.2) is 20.7 Å². The number of halogens is 3. The van der Waals surface area contributed by atoms with Gasteiger partial charge in [0.25, 0.3) is 0 Å². The second-order valence-electron chi connectivity index (χ2n) is 7.42. The highest BCUT2D eigenvalue weighted by molar-refractivity contribution is 7.09. The molecule has 5 nitrogen and oxygen atoms in total. The Kier molecular flexibility index (Phi) is 3.75. The lowest BCUT2D eigenvalue weighted by Gasteiger charge is -2.25. The first-order chi connectivity index (χ1) is 12.5. The Balaban J connectivity index is 1.94. The van der Waals surface area contributed by atoms with E-state index >= 15 is 0 Å². The van der Waals surface area contributed by atoms with Gasteiger partial charge in [0, 0.05) is 16.7 Å². The van der Waals surface area contributed by atoms with Crippen molar-refractivity contribution in [3.8, 4) is 0 Å². The van der Waals surface area contributed by atoms with E-state index in [0.29, 0.717) is 12.2 Å². The quantitative estimate of drug-likeness (QED) is 0.758. The molecule has 0 amide bonds. The third-order valence-electron chi connectivity index (χ3n) is 4.31. The van der Waals surface area contributed by atoms with Gasteiger partial charge < -0.3 is 9.55 Å². The Bertz CT molecular complexity index is 1220. The molecular weight excluding hydrogens is 377 g/mol. The van der Waals surface area contributed by atoms with Crippen molar-refractivity contribution in [2.24, 2.45) is 4.99 Å². The van der Waals surface area contributed by atoms with Gasteiger partial charge in [0.2, 0.25) is 0 Å². The topological polar surface area (TPSA) is 63.0 Å². The molecule has 2 aliphatic rings. The van der Waals surface area contributed by atoms with E-state index in [1.807, 2.05) is 26.8 Å². The van der Waals surface area contributed by atoms with Crippen LogP contribution < -0.4 is 15.7 Å². The molecule has 1 N–H and O–H groups in total. The predicted octanol–water partition coefficient (Wildman–Crippen LogP) is 2.35. The van der Waals surface area contributed by atoms with E-state index in [1.165, 1.54) is 0 Å². The summed E-state index contributed by atoms with van der Waals surface area (Å²) in [5.41, 5.74) is 3.88. The average Bonchev–Trinajstić information content (AvgIpc) is 3.11. The highest BCUT2D eigenvalue weighted by atomic mass is 32.1. The third kappa shape index (κ3) is 3.04. The number of hydrogen-bond acceptors (Lipinski definition) is 4. The van der Waals surface area contributed by atoms with Crippen LogP contribution in [0.4, 0.5) is 13.2 Å². The van der Waals surface area contributed by atoms with E-state index in [-0.39, 0.29) is 21.8 Å². The third-order valence-corrected chi connectivity index (χ3v) is 5.23. The van der Waals surface area contributed by atoms with E-state index in [4.69, 9.17) is 0 Å². The number of aromatic nitrogens is 3. The Labute approximate surface area is 155 Å². The zero-order valence-corrected chi connectivity index (χ0v) is 15.5. The molecule has 140 valence electrons. The molecule has 0 saturated heterocycles. The summed E-state index contributed by atoms with van der Waals surface area (Å²) in [4.78, 5) is 23.4. The van der Waals surface area contributed by atoms with Crippen LogP contribution >= 0.6 is 11.3 Å². The standard InChI is InChI=1S/C18H15F3N4OS/c1-17(2,3)15-22-11-6-7-13(18(19,20)21)24-14(11)25(15)9-4-5-10-12(8-9)27-16(26)23-10/h4-5,9H,8H2,1-3H3,(H,23,26). The number of imidazole rings is 1.